The number of carbonyl (C=O) groups excluding carboxylic acids is 1. The Morgan fingerprint density at radius 2 is 2.04 bits per heavy atom. The van der Waals surface area contributed by atoms with Crippen LogP contribution in [0.15, 0.2) is 43.1 Å². The number of pyridine rings is 1. The SMILES string of the molecule is O=C(c1cnccn1)N1CCN(c2ccnc3[nH]ccc23)CC12CC2. The monoisotopic (exact) mass is 334 g/mol. The standard InChI is InChI=1S/C18H18N6O/c25-17(14-11-19-7-8-20-14)24-10-9-23(12-18(24)3-4-18)15-2-6-22-16-13(15)1-5-21-16/h1-2,5-8,11H,3-4,9-10,12H2,(H,21,22). The second kappa shape index (κ2) is 5.27. The Morgan fingerprint density at radius 1 is 1.12 bits per heavy atom. The molecular formula is C18H18N6O. The van der Waals surface area contributed by atoms with Gasteiger partial charge in [-0.15, -0.1) is 0 Å². The minimum absolute atomic E-state index is 0.00762. The summed E-state index contributed by atoms with van der Waals surface area (Å²) in [7, 11) is 0. The van der Waals surface area contributed by atoms with Gasteiger partial charge in [-0.25, -0.2) is 9.97 Å². The van der Waals surface area contributed by atoms with E-state index in [-0.39, 0.29) is 11.4 Å². The molecule has 7 heteroatoms. The summed E-state index contributed by atoms with van der Waals surface area (Å²) in [6.07, 6.45) is 10.5. The molecule has 1 N–H and O–H groups in total. The van der Waals surface area contributed by atoms with Gasteiger partial charge >= 0.3 is 0 Å². The van der Waals surface area contributed by atoms with Crippen LogP contribution in [0.1, 0.15) is 23.3 Å². The third kappa shape index (κ3) is 2.26. The Kier molecular flexibility index (Phi) is 3.03. The molecule has 1 saturated heterocycles. The first-order chi connectivity index (χ1) is 12.3. The first-order valence-corrected chi connectivity index (χ1v) is 8.52. The van der Waals surface area contributed by atoms with Crippen molar-refractivity contribution in [3.05, 3.63) is 48.8 Å². The largest absolute Gasteiger partial charge is 0.367 e. The molecule has 0 atom stereocenters. The first kappa shape index (κ1) is 14.4. The van der Waals surface area contributed by atoms with Gasteiger partial charge in [-0.1, -0.05) is 0 Å². The van der Waals surface area contributed by atoms with E-state index < -0.39 is 0 Å². The van der Waals surface area contributed by atoms with Crippen LogP contribution in [0.2, 0.25) is 0 Å². The molecule has 1 aliphatic carbocycles. The zero-order valence-corrected chi connectivity index (χ0v) is 13.7. The van der Waals surface area contributed by atoms with Gasteiger partial charge < -0.3 is 14.8 Å². The van der Waals surface area contributed by atoms with Crippen LogP contribution in [0.5, 0.6) is 0 Å². The van der Waals surface area contributed by atoms with E-state index >= 15 is 0 Å². The number of aromatic amines is 1. The molecule has 1 saturated carbocycles. The summed E-state index contributed by atoms with van der Waals surface area (Å²) < 4.78 is 0. The van der Waals surface area contributed by atoms with E-state index in [1.54, 1.807) is 18.6 Å². The Morgan fingerprint density at radius 3 is 2.84 bits per heavy atom. The van der Waals surface area contributed by atoms with Crippen molar-refractivity contribution in [1.29, 1.82) is 0 Å². The number of nitrogens with one attached hydrogen (secondary N) is 1. The summed E-state index contributed by atoms with van der Waals surface area (Å²) in [5.41, 5.74) is 2.45. The van der Waals surface area contributed by atoms with Crippen molar-refractivity contribution in [2.45, 2.75) is 18.4 Å². The number of fused-ring (bicyclic) bond motifs is 1. The summed E-state index contributed by atoms with van der Waals surface area (Å²) in [4.78, 5) is 33.0. The lowest BCUT2D eigenvalue weighted by Crippen LogP contribution is -2.57. The molecule has 2 fully saturated rings. The number of piperazine rings is 1. The summed E-state index contributed by atoms with van der Waals surface area (Å²) in [5, 5.41) is 1.13. The van der Waals surface area contributed by atoms with E-state index in [2.05, 4.69) is 37.0 Å². The smallest absolute Gasteiger partial charge is 0.274 e. The molecule has 1 amide bonds. The minimum Gasteiger partial charge on any atom is -0.367 e. The Balaban J connectivity index is 1.43. The molecule has 3 aromatic heterocycles. The van der Waals surface area contributed by atoms with Crippen molar-refractivity contribution in [2.24, 2.45) is 0 Å². The van der Waals surface area contributed by atoms with Gasteiger partial charge in [0.25, 0.3) is 5.91 Å². The molecule has 5 rings (SSSR count). The number of nitrogens with zero attached hydrogens (tertiary/aromatic N) is 5. The van der Waals surface area contributed by atoms with Crippen LogP contribution in [0.25, 0.3) is 11.0 Å². The number of anilines is 1. The number of hydrogen-bond acceptors (Lipinski definition) is 5. The molecule has 7 nitrogen and oxygen atoms in total. The highest BCUT2D eigenvalue weighted by molar-refractivity contribution is 5.94. The highest BCUT2D eigenvalue weighted by Gasteiger charge is 2.53. The number of amides is 1. The zero-order chi connectivity index (χ0) is 16.9. The first-order valence-electron chi connectivity index (χ1n) is 8.52. The van der Waals surface area contributed by atoms with E-state index in [4.69, 9.17) is 0 Å². The lowest BCUT2D eigenvalue weighted by atomic mass is 10.1. The highest BCUT2D eigenvalue weighted by Crippen LogP contribution is 2.46. The molecule has 0 bridgehead atoms. The number of H-pyrrole nitrogens is 1. The minimum atomic E-state index is -0.0707. The molecule has 0 aromatic carbocycles. The third-order valence-electron chi connectivity index (χ3n) is 5.28. The molecular weight excluding hydrogens is 316 g/mol. The van der Waals surface area contributed by atoms with E-state index in [0.29, 0.717) is 12.2 Å². The molecule has 0 unspecified atom stereocenters. The van der Waals surface area contributed by atoms with Crippen molar-refractivity contribution < 1.29 is 4.79 Å². The Bertz CT molecular complexity index is 933. The number of aromatic nitrogens is 4. The average molecular weight is 334 g/mol. The number of rotatable bonds is 2. The van der Waals surface area contributed by atoms with Crippen LogP contribution in [0.4, 0.5) is 5.69 Å². The van der Waals surface area contributed by atoms with Crippen LogP contribution in [0.3, 0.4) is 0 Å². The lowest BCUT2D eigenvalue weighted by Gasteiger charge is -2.43. The van der Waals surface area contributed by atoms with Gasteiger partial charge in [0.15, 0.2) is 0 Å². The molecule has 2 aliphatic rings. The van der Waals surface area contributed by atoms with Gasteiger partial charge in [0.05, 0.1) is 11.7 Å². The molecule has 0 radical (unpaired) electrons. The molecule has 1 spiro atoms. The number of carbonyl (C=O) groups is 1. The molecule has 1 aliphatic heterocycles. The van der Waals surface area contributed by atoms with Gasteiger partial charge in [0.2, 0.25) is 0 Å². The predicted octanol–water partition coefficient (Wildman–Crippen LogP) is 1.85. The normalized spacial score (nSPS) is 18.7. The molecule has 25 heavy (non-hydrogen) atoms. The van der Waals surface area contributed by atoms with E-state index in [0.717, 1.165) is 37.0 Å². The lowest BCUT2D eigenvalue weighted by molar-refractivity contribution is 0.0618. The maximum Gasteiger partial charge on any atom is 0.274 e. The van der Waals surface area contributed by atoms with Gasteiger partial charge in [-0.05, 0) is 25.0 Å². The fraction of sp³-hybridized carbons (Fsp3) is 0.333. The van der Waals surface area contributed by atoms with Gasteiger partial charge in [-0.3, -0.25) is 9.78 Å². The third-order valence-corrected chi connectivity index (χ3v) is 5.28. The second-order valence-electron chi connectivity index (χ2n) is 6.76. The van der Waals surface area contributed by atoms with Crippen molar-refractivity contribution in [3.63, 3.8) is 0 Å². The van der Waals surface area contributed by atoms with Crippen LogP contribution < -0.4 is 4.90 Å². The molecule has 4 heterocycles. The van der Waals surface area contributed by atoms with Gasteiger partial charge in [0.1, 0.15) is 11.3 Å². The Hall–Kier alpha value is -2.96. The summed E-state index contributed by atoms with van der Waals surface area (Å²) in [6.45, 7) is 2.35. The predicted molar refractivity (Wildman–Crippen MR) is 93.3 cm³/mol. The summed E-state index contributed by atoms with van der Waals surface area (Å²) >= 11 is 0. The maximum atomic E-state index is 12.9. The van der Waals surface area contributed by atoms with Crippen LogP contribution >= 0.6 is 0 Å². The second-order valence-corrected chi connectivity index (χ2v) is 6.76. The fourth-order valence-electron chi connectivity index (χ4n) is 3.84. The van der Waals surface area contributed by atoms with E-state index in [1.165, 1.54) is 5.69 Å². The Labute approximate surface area is 144 Å². The number of hydrogen-bond donors (Lipinski definition) is 1. The van der Waals surface area contributed by atoms with Gasteiger partial charge in [-0.2, -0.15) is 0 Å². The van der Waals surface area contributed by atoms with Crippen molar-refractivity contribution in [2.75, 3.05) is 24.5 Å². The highest BCUT2D eigenvalue weighted by atomic mass is 16.2. The average Bonchev–Trinajstić information content (AvgIpc) is 3.24. The van der Waals surface area contributed by atoms with Gasteiger partial charge in [0, 0.05) is 55.5 Å². The van der Waals surface area contributed by atoms with E-state index in [1.807, 2.05) is 17.3 Å². The van der Waals surface area contributed by atoms with Crippen molar-refractivity contribution in [1.82, 2.24) is 24.8 Å². The van der Waals surface area contributed by atoms with Crippen molar-refractivity contribution >= 4 is 22.6 Å². The molecule has 126 valence electrons. The fourth-order valence-corrected chi connectivity index (χ4v) is 3.84. The van der Waals surface area contributed by atoms with Crippen LogP contribution in [0, 0.1) is 0 Å². The summed E-state index contributed by atoms with van der Waals surface area (Å²) in [5.74, 6) is -0.00762. The maximum absolute atomic E-state index is 12.9. The quantitative estimate of drug-likeness (QED) is 0.774. The van der Waals surface area contributed by atoms with E-state index in [9.17, 15) is 4.79 Å². The van der Waals surface area contributed by atoms with Crippen LogP contribution in [-0.4, -0.2) is 55.9 Å². The van der Waals surface area contributed by atoms with Crippen molar-refractivity contribution in [3.8, 4) is 0 Å². The van der Waals surface area contributed by atoms with Crippen LogP contribution in [-0.2, 0) is 0 Å². The topological polar surface area (TPSA) is 78.0 Å². The summed E-state index contributed by atoms with van der Waals surface area (Å²) in [6, 6.07) is 4.13. The zero-order valence-electron chi connectivity index (χ0n) is 13.7. The molecule has 3 aromatic rings.